The van der Waals surface area contributed by atoms with Gasteiger partial charge in [0, 0.05) is 52.0 Å². The van der Waals surface area contributed by atoms with Crippen LogP contribution in [0.3, 0.4) is 0 Å². The van der Waals surface area contributed by atoms with Crippen molar-refractivity contribution in [1.29, 1.82) is 0 Å². The molecule has 1 amide bonds. The summed E-state index contributed by atoms with van der Waals surface area (Å²) < 4.78 is 12.9. The lowest BCUT2D eigenvalue weighted by molar-refractivity contribution is 0.0620. The molecule has 0 atom stereocenters. The molecule has 0 aliphatic carbocycles. The number of hydrogen-bond donors (Lipinski definition) is 0. The highest BCUT2D eigenvalue weighted by Gasteiger charge is 2.22. The minimum Gasteiger partial charge on any atom is -0.497 e. The maximum absolute atomic E-state index is 12.8. The molecule has 4 rings (SSSR count). The van der Waals surface area contributed by atoms with E-state index in [2.05, 4.69) is 14.9 Å². The van der Waals surface area contributed by atoms with Crippen molar-refractivity contribution >= 4 is 17.1 Å². The largest absolute Gasteiger partial charge is 0.497 e. The van der Waals surface area contributed by atoms with Gasteiger partial charge in [-0.2, -0.15) is 0 Å². The van der Waals surface area contributed by atoms with Gasteiger partial charge in [0.05, 0.1) is 19.0 Å². The Labute approximate surface area is 169 Å². The van der Waals surface area contributed by atoms with Crippen molar-refractivity contribution in [3.05, 3.63) is 48.4 Å². The van der Waals surface area contributed by atoms with E-state index in [0.29, 0.717) is 25.3 Å². The summed E-state index contributed by atoms with van der Waals surface area (Å²) in [6.45, 7) is 4.46. The van der Waals surface area contributed by atoms with Gasteiger partial charge in [0.1, 0.15) is 23.6 Å². The van der Waals surface area contributed by atoms with Gasteiger partial charge >= 0.3 is 0 Å². The second kappa shape index (κ2) is 8.48. The maximum Gasteiger partial charge on any atom is 0.255 e. The third-order valence-electron chi connectivity index (χ3n) is 5.18. The minimum absolute atomic E-state index is 0.0114. The van der Waals surface area contributed by atoms with Crippen molar-refractivity contribution in [3.63, 3.8) is 0 Å². The Kier molecular flexibility index (Phi) is 5.62. The number of carbonyl (C=O) groups is 1. The van der Waals surface area contributed by atoms with E-state index in [0.717, 1.165) is 42.3 Å². The predicted octanol–water partition coefficient (Wildman–Crippen LogP) is 1.81. The van der Waals surface area contributed by atoms with Crippen LogP contribution in [-0.4, -0.2) is 76.7 Å². The van der Waals surface area contributed by atoms with Gasteiger partial charge in [0.25, 0.3) is 5.91 Å². The Balaban J connectivity index is 1.26. The molecule has 0 radical (unpaired) electrons. The van der Waals surface area contributed by atoms with E-state index >= 15 is 0 Å². The van der Waals surface area contributed by atoms with Crippen LogP contribution in [0.25, 0.3) is 11.2 Å². The first-order valence-electron chi connectivity index (χ1n) is 9.69. The molecule has 1 fully saturated rings. The number of pyridine rings is 1. The summed E-state index contributed by atoms with van der Waals surface area (Å²) in [4.78, 5) is 25.7. The zero-order chi connectivity index (χ0) is 20.2. The van der Waals surface area contributed by atoms with Gasteiger partial charge in [-0.1, -0.05) is 6.07 Å². The average molecular weight is 395 g/mol. The van der Waals surface area contributed by atoms with Crippen LogP contribution in [0, 0.1) is 0 Å². The molecule has 3 heterocycles. The molecule has 0 spiro atoms. The molecule has 1 aliphatic heterocycles. The lowest BCUT2D eigenvalue weighted by Crippen LogP contribution is -2.49. The van der Waals surface area contributed by atoms with Gasteiger partial charge < -0.3 is 18.9 Å². The predicted molar refractivity (Wildman–Crippen MR) is 109 cm³/mol. The quantitative estimate of drug-likeness (QED) is 0.634. The van der Waals surface area contributed by atoms with E-state index < -0.39 is 0 Å². The van der Waals surface area contributed by atoms with Crippen LogP contribution in [0.15, 0.2) is 42.9 Å². The van der Waals surface area contributed by atoms with Crippen LogP contribution in [0.1, 0.15) is 10.4 Å². The normalized spacial score (nSPS) is 14.9. The fourth-order valence-corrected chi connectivity index (χ4v) is 3.47. The van der Waals surface area contributed by atoms with Crippen LogP contribution < -0.4 is 9.47 Å². The number of methoxy groups -OCH3 is 1. The molecule has 0 saturated carbocycles. The molecule has 152 valence electrons. The van der Waals surface area contributed by atoms with Crippen LogP contribution in [0.5, 0.6) is 11.5 Å². The molecule has 3 aromatic rings. The van der Waals surface area contributed by atoms with Crippen molar-refractivity contribution in [3.8, 4) is 11.5 Å². The molecular formula is C21H25N5O3. The fraction of sp³-hybridized carbons (Fsp3) is 0.381. The fourth-order valence-electron chi connectivity index (χ4n) is 3.47. The number of imidazole rings is 1. The molecule has 8 heteroatoms. The maximum atomic E-state index is 12.8. The van der Waals surface area contributed by atoms with Crippen LogP contribution in [0.2, 0.25) is 0 Å². The second-order valence-electron chi connectivity index (χ2n) is 7.08. The topological polar surface area (TPSA) is 72.7 Å². The summed E-state index contributed by atoms with van der Waals surface area (Å²) in [5, 5.41) is 0. The molecule has 29 heavy (non-hydrogen) atoms. The number of nitrogens with zero attached hydrogens (tertiary/aromatic N) is 5. The van der Waals surface area contributed by atoms with Crippen molar-refractivity contribution in [2.45, 2.75) is 0 Å². The lowest BCUT2D eigenvalue weighted by atomic mass is 10.2. The standard InChI is InChI=1S/C21H25N5O3/c1-24-15-23-19-12-16(14-22-20(19)24)21(27)26-8-6-25(7-9-26)10-11-29-18-5-3-4-17(13-18)28-2/h3-5,12-15H,6-11H2,1-2H3. The zero-order valence-corrected chi connectivity index (χ0v) is 16.7. The summed E-state index contributed by atoms with van der Waals surface area (Å²) in [6, 6.07) is 9.42. The number of ether oxygens (including phenoxy) is 2. The van der Waals surface area contributed by atoms with Gasteiger partial charge in [-0.3, -0.25) is 9.69 Å². The van der Waals surface area contributed by atoms with E-state index in [1.807, 2.05) is 46.8 Å². The summed E-state index contributed by atoms with van der Waals surface area (Å²) in [5.41, 5.74) is 2.11. The number of benzene rings is 1. The molecule has 1 aromatic carbocycles. The van der Waals surface area contributed by atoms with Gasteiger partial charge in [0.2, 0.25) is 0 Å². The third-order valence-corrected chi connectivity index (χ3v) is 5.18. The summed E-state index contributed by atoms with van der Waals surface area (Å²) in [5.74, 6) is 1.60. The molecule has 8 nitrogen and oxygen atoms in total. The number of amides is 1. The van der Waals surface area contributed by atoms with Crippen molar-refractivity contribution < 1.29 is 14.3 Å². The van der Waals surface area contributed by atoms with Gasteiger partial charge in [-0.25, -0.2) is 9.97 Å². The van der Waals surface area contributed by atoms with Crippen LogP contribution >= 0.6 is 0 Å². The van der Waals surface area contributed by atoms with Gasteiger partial charge in [-0.05, 0) is 18.2 Å². The smallest absolute Gasteiger partial charge is 0.255 e. The van der Waals surface area contributed by atoms with E-state index in [1.54, 1.807) is 19.6 Å². The molecule has 0 bridgehead atoms. The zero-order valence-electron chi connectivity index (χ0n) is 16.7. The number of rotatable bonds is 6. The minimum atomic E-state index is 0.0114. The number of piperazine rings is 1. The summed E-state index contributed by atoms with van der Waals surface area (Å²) in [6.07, 6.45) is 3.35. The van der Waals surface area contributed by atoms with E-state index in [1.165, 1.54) is 0 Å². The number of hydrogen-bond acceptors (Lipinski definition) is 6. The highest BCUT2D eigenvalue weighted by atomic mass is 16.5. The number of fused-ring (bicyclic) bond motifs is 1. The highest BCUT2D eigenvalue weighted by Crippen LogP contribution is 2.19. The van der Waals surface area contributed by atoms with Gasteiger partial charge in [-0.15, -0.1) is 0 Å². The van der Waals surface area contributed by atoms with Crippen molar-refractivity contribution in [1.82, 2.24) is 24.3 Å². The average Bonchev–Trinajstić information content (AvgIpc) is 3.14. The van der Waals surface area contributed by atoms with E-state index in [4.69, 9.17) is 9.47 Å². The molecular weight excluding hydrogens is 370 g/mol. The first kappa shape index (κ1) is 19.2. The van der Waals surface area contributed by atoms with Crippen molar-refractivity contribution in [2.24, 2.45) is 7.05 Å². The monoisotopic (exact) mass is 395 g/mol. The molecule has 0 N–H and O–H groups in total. The Morgan fingerprint density at radius 1 is 1.10 bits per heavy atom. The molecule has 1 saturated heterocycles. The van der Waals surface area contributed by atoms with Crippen molar-refractivity contribution in [2.75, 3.05) is 46.4 Å². The summed E-state index contributed by atoms with van der Waals surface area (Å²) in [7, 11) is 3.53. The van der Waals surface area contributed by atoms with E-state index in [-0.39, 0.29) is 5.91 Å². The van der Waals surface area contributed by atoms with Crippen LogP contribution in [0.4, 0.5) is 0 Å². The Morgan fingerprint density at radius 3 is 2.69 bits per heavy atom. The Hall–Kier alpha value is -3.13. The first-order chi connectivity index (χ1) is 14.1. The number of carbonyl (C=O) groups excluding carboxylic acids is 1. The van der Waals surface area contributed by atoms with E-state index in [9.17, 15) is 4.79 Å². The molecule has 0 unspecified atom stereocenters. The summed E-state index contributed by atoms with van der Waals surface area (Å²) >= 11 is 0. The SMILES string of the molecule is COc1cccc(OCCN2CCN(C(=O)c3cnc4c(c3)ncn4C)CC2)c1. The Morgan fingerprint density at radius 2 is 1.90 bits per heavy atom. The molecule has 1 aliphatic rings. The number of aromatic nitrogens is 3. The first-order valence-corrected chi connectivity index (χ1v) is 9.69. The highest BCUT2D eigenvalue weighted by molar-refractivity contribution is 5.96. The third kappa shape index (κ3) is 4.32. The second-order valence-corrected chi connectivity index (χ2v) is 7.08. The number of aryl methyl sites for hydroxylation is 1. The Bertz CT molecular complexity index is 995. The van der Waals surface area contributed by atoms with Crippen LogP contribution in [-0.2, 0) is 7.05 Å². The lowest BCUT2D eigenvalue weighted by Gasteiger charge is -2.34. The van der Waals surface area contributed by atoms with Gasteiger partial charge in [0.15, 0.2) is 5.65 Å². The molecule has 2 aromatic heterocycles.